The van der Waals surface area contributed by atoms with Crippen LogP contribution in [-0.4, -0.2) is 29.7 Å². The lowest BCUT2D eigenvalue weighted by Gasteiger charge is -2.22. The van der Waals surface area contributed by atoms with E-state index < -0.39 is 5.97 Å². The Morgan fingerprint density at radius 3 is 2.37 bits per heavy atom. The van der Waals surface area contributed by atoms with Gasteiger partial charge in [-0.3, -0.25) is 4.79 Å². The van der Waals surface area contributed by atoms with E-state index in [9.17, 15) is 14.7 Å². The number of nitrogens with zero attached hydrogens (tertiary/aromatic N) is 2. The highest BCUT2D eigenvalue weighted by molar-refractivity contribution is 6.03. The van der Waals surface area contributed by atoms with Gasteiger partial charge in [-0.05, 0) is 48.7 Å². The summed E-state index contributed by atoms with van der Waals surface area (Å²) in [5, 5.41) is 16.7. The van der Waals surface area contributed by atoms with Crippen LogP contribution in [0.25, 0.3) is 0 Å². The van der Waals surface area contributed by atoms with Gasteiger partial charge in [-0.25, -0.2) is 5.01 Å². The van der Waals surface area contributed by atoms with Crippen LogP contribution in [0.3, 0.4) is 0 Å². The van der Waals surface area contributed by atoms with Gasteiger partial charge in [0.05, 0.1) is 18.9 Å². The standard InChI is InChI=1S/C21H22N2O4/c1-14-3-5-16(6-4-14)19-13-18(15-7-9-17(27-2)10-8-15)22-23(19)20(24)11-12-21(25)26/h3-10,19H,11-13H2,1-2H3,(H,25,26)/p-1/t19-/m1/s1. The number of hydrazone groups is 1. The normalized spacial score (nSPS) is 16.1. The van der Waals surface area contributed by atoms with Gasteiger partial charge in [0, 0.05) is 18.8 Å². The summed E-state index contributed by atoms with van der Waals surface area (Å²) in [7, 11) is 1.60. The van der Waals surface area contributed by atoms with E-state index in [0.717, 1.165) is 28.2 Å². The number of ether oxygens (including phenoxy) is 1. The van der Waals surface area contributed by atoms with Crippen molar-refractivity contribution in [2.45, 2.75) is 32.2 Å². The van der Waals surface area contributed by atoms with Crippen molar-refractivity contribution in [3.63, 3.8) is 0 Å². The number of rotatable bonds is 6. The van der Waals surface area contributed by atoms with Crippen LogP contribution in [0.4, 0.5) is 0 Å². The number of hydrogen-bond donors (Lipinski definition) is 0. The molecule has 0 aromatic heterocycles. The average Bonchev–Trinajstić information content (AvgIpc) is 3.12. The first-order valence-electron chi connectivity index (χ1n) is 8.78. The average molecular weight is 365 g/mol. The fourth-order valence-electron chi connectivity index (χ4n) is 3.07. The van der Waals surface area contributed by atoms with Crippen molar-refractivity contribution >= 4 is 17.6 Å². The number of aliphatic carboxylic acids is 1. The van der Waals surface area contributed by atoms with Crippen molar-refractivity contribution in [2.75, 3.05) is 7.11 Å². The third kappa shape index (κ3) is 4.34. The third-order valence-electron chi connectivity index (χ3n) is 4.59. The Morgan fingerprint density at radius 2 is 1.78 bits per heavy atom. The van der Waals surface area contributed by atoms with Crippen molar-refractivity contribution in [3.05, 3.63) is 65.2 Å². The van der Waals surface area contributed by atoms with E-state index in [4.69, 9.17) is 4.74 Å². The summed E-state index contributed by atoms with van der Waals surface area (Å²) < 4.78 is 5.18. The molecular weight excluding hydrogens is 344 g/mol. The second-order valence-corrected chi connectivity index (χ2v) is 6.52. The van der Waals surface area contributed by atoms with Gasteiger partial charge >= 0.3 is 0 Å². The fraction of sp³-hybridized carbons (Fsp3) is 0.286. The number of carboxylic acid groups (broad SMARTS) is 1. The van der Waals surface area contributed by atoms with Crippen molar-refractivity contribution in [3.8, 4) is 5.75 Å². The molecule has 0 spiro atoms. The number of carbonyl (C=O) groups excluding carboxylic acids is 2. The first-order valence-corrected chi connectivity index (χ1v) is 8.78. The molecule has 1 aliphatic heterocycles. The molecular formula is C21H21N2O4-. The van der Waals surface area contributed by atoms with E-state index in [2.05, 4.69) is 5.10 Å². The van der Waals surface area contributed by atoms with E-state index in [1.54, 1.807) is 7.11 Å². The molecule has 0 N–H and O–H groups in total. The van der Waals surface area contributed by atoms with E-state index in [1.807, 2.05) is 55.5 Å². The lowest BCUT2D eigenvalue weighted by molar-refractivity contribution is -0.305. The van der Waals surface area contributed by atoms with Gasteiger partial charge in [-0.15, -0.1) is 0 Å². The number of aryl methyl sites for hydroxylation is 1. The van der Waals surface area contributed by atoms with Crippen LogP contribution in [0.15, 0.2) is 53.6 Å². The summed E-state index contributed by atoms with van der Waals surface area (Å²) >= 11 is 0. The van der Waals surface area contributed by atoms with Crippen molar-refractivity contribution in [1.29, 1.82) is 0 Å². The number of hydrogen-bond acceptors (Lipinski definition) is 5. The molecule has 6 heteroatoms. The lowest BCUT2D eigenvalue weighted by atomic mass is 9.97. The quantitative estimate of drug-likeness (QED) is 0.786. The van der Waals surface area contributed by atoms with Crippen LogP contribution in [0.2, 0.25) is 0 Å². The molecule has 2 aromatic carbocycles. The molecule has 0 aliphatic carbocycles. The van der Waals surface area contributed by atoms with Crippen LogP contribution in [-0.2, 0) is 9.59 Å². The number of carbonyl (C=O) groups is 2. The smallest absolute Gasteiger partial charge is 0.243 e. The monoisotopic (exact) mass is 365 g/mol. The lowest BCUT2D eigenvalue weighted by Crippen LogP contribution is -2.29. The highest BCUT2D eigenvalue weighted by Gasteiger charge is 2.32. The minimum absolute atomic E-state index is 0.135. The zero-order valence-corrected chi connectivity index (χ0v) is 15.3. The molecule has 0 fully saturated rings. The maximum absolute atomic E-state index is 12.6. The molecule has 1 heterocycles. The van der Waals surface area contributed by atoms with Crippen LogP contribution >= 0.6 is 0 Å². The van der Waals surface area contributed by atoms with Gasteiger partial charge in [0.25, 0.3) is 0 Å². The SMILES string of the molecule is COc1ccc(C2=NN(C(=O)CCC(=O)[O-])[C@@H](c3ccc(C)cc3)C2)cc1. The number of methoxy groups -OCH3 is 1. The van der Waals surface area contributed by atoms with Gasteiger partial charge in [0.15, 0.2) is 0 Å². The zero-order chi connectivity index (χ0) is 19.4. The molecule has 140 valence electrons. The summed E-state index contributed by atoms with van der Waals surface area (Å²) in [6, 6.07) is 15.2. The third-order valence-corrected chi connectivity index (χ3v) is 4.59. The van der Waals surface area contributed by atoms with Crippen LogP contribution in [0, 0.1) is 6.92 Å². The predicted octanol–water partition coefficient (Wildman–Crippen LogP) is 2.21. The molecule has 0 saturated carbocycles. The van der Waals surface area contributed by atoms with E-state index >= 15 is 0 Å². The Hall–Kier alpha value is -3.15. The summed E-state index contributed by atoms with van der Waals surface area (Å²) in [4.78, 5) is 23.3. The van der Waals surface area contributed by atoms with E-state index in [0.29, 0.717) is 6.42 Å². The molecule has 6 nitrogen and oxygen atoms in total. The van der Waals surface area contributed by atoms with Gasteiger partial charge in [-0.1, -0.05) is 29.8 Å². The minimum Gasteiger partial charge on any atom is -0.550 e. The molecule has 27 heavy (non-hydrogen) atoms. The molecule has 0 radical (unpaired) electrons. The predicted molar refractivity (Wildman–Crippen MR) is 99.2 cm³/mol. The zero-order valence-electron chi connectivity index (χ0n) is 15.3. The van der Waals surface area contributed by atoms with Gasteiger partial charge in [0.1, 0.15) is 5.75 Å². The fourth-order valence-corrected chi connectivity index (χ4v) is 3.07. The van der Waals surface area contributed by atoms with Crippen molar-refractivity contribution < 1.29 is 19.4 Å². The number of carboxylic acids is 1. The highest BCUT2D eigenvalue weighted by Crippen LogP contribution is 2.33. The van der Waals surface area contributed by atoms with Crippen LogP contribution in [0.1, 0.15) is 42.0 Å². The Bertz CT molecular complexity index is 857. The van der Waals surface area contributed by atoms with Crippen molar-refractivity contribution in [2.24, 2.45) is 5.10 Å². The maximum atomic E-state index is 12.6. The van der Waals surface area contributed by atoms with Gasteiger partial charge in [-0.2, -0.15) is 5.10 Å². The Kier molecular flexibility index (Phi) is 5.54. The molecule has 0 saturated heterocycles. The Morgan fingerprint density at radius 1 is 1.11 bits per heavy atom. The maximum Gasteiger partial charge on any atom is 0.243 e. The summed E-state index contributed by atoms with van der Waals surface area (Å²) in [6.07, 6.45) is 0.111. The van der Waals surface area contributed by atoms with Crippen LogP contribution < -0.4 is 9.84 Å². The first-order chi connectivity index (χ1) is 13.0. The van der Waals surface area contributed by atoms with Gasteiger partial charge < -0.3 is 14.6 Å². The summed E-state index contributed by atoms with van der Waals surface area (Å²) in [6.45, 7) is 2.00. The molecule has 1 aliphatic rings. The minimum atomic E-state index is -1.24. The topological polar surface area (TPSA) is 82.0 Å². The molecule has 0 bridgehead atoms. The first kappa shape index (κ1) is 18.6. The Balaban J connectivity index is 1.88. The molecule has 1 amide bonds. The molecule has 2 aromatic rings. The number of amides is 1. The second-order valence-electron chi connectivity index (χ2n) is 6.52. The Labute approximate surface area is 158 Å². The number of benzene rings is 2. The van der Waals surface area contributed by atoms with Crippen molar-refractivity contribution in [1.82, 2.24) is 5.01 Å². The highest BCUT2D eigenvalue weighted by atomic mass is 16.5. The summed E-state index contributed by atoms with van der Waals surface area (Å²) in [5.41, 5.74) is 3.78. The van der Waals surface area contributed by atoms with E-state index in [-0.39, 0.29) is 24.8 Å². The van der Waals surface area contributed by atoms with Gasteiger partial charge in [0.2, 0.25) is 5.91 Å². The molecule has 1 atom stereocenters. The molecule has 3 rings (SSSR count). The van der Waals surface area contributed by atoms with E-state index in [1.165, 1.54) is 5.01 Å². The van der Waals surface area contributed by atoms with Crippen LogP contribution in [0.5, 0.6) is 5.75 Å². The molecule has 0 unspecified atom stereocenters. The largest absolute Gasteiger partial charge is 0.550 e. The summed E-state index contributed by atoms with van der Waals surface area (Å²) in [5.74, 6) is -0.823. The second kappa shape index (κ2) is 8.03.